The highest BCUT2D eigenvalue weighted by Crippen LogP contribution is 2.24. The third-order valence-electron chi connectivity index (χ3n) is 2.51. The first kappa shape index (κ1) is 13.2. The Bertz CT molecular complexity index is 328. The van der Waals surface area contributed by atoms with Gasteiger partial charge in [-0.3, -0.25) is 4.90 Å². The summed E-state index contributed by atoms with van der Waals surface area (Å²) in [6.07, 6.45) is 0. The first-order valence-corrected chi connectivity index (χ1v) is 6.47. The Morgan fingerprint density at radius 1 is 1.33 bits per heavy atom. The molecule has 0 heterocycles. The number of likely N-dealkylation sites (N-methyl/N-ethyl adjacent to an activating group) is 1. The Labute approximate surface area is 108 Å². The fraction of sp³-hybridized carbons (Fsp3) is 0.455. The second kappa shape index (κ2) is 5.99. The van der Waals surface area contributed by atoms with Crippen LogP contribution in [0.1, 0.15) is 12.5 Å². The van der Waals surface area contributed by atoms with E-state index >= 15 is 0 Å². The molecule has 1 atom stereocenters. The zero-order chi connectivity index (χ0) is 11.4. The van der Waals surface area contributed by atoms with Gasteiger partial charge in [-0.2, -0.15) is 0 Å². The standard InChI is InChI=1S/C11H16Br2N2/c1-8(6-14)15(2)7-9-3-4-10(12)11(13)5-9/h3-5,8H,6-7,14H2,1-2H3. The van der Waals surface area contributed by atoms with E-state index in [1.54, 1.807) is 0 Å². The second-order valence-corrected chi connectivity index (χ2v) is 5.46. The molecule has 0 spiro atoms. The number of hydrogen-bond acceptors (Lipinski definition) is 2. The van der Waals surface area contributed by atoms with Crippen LogP contribution in [0.3, 0.4) is 0 Å². The molecule has 0 saturated heterocycles. The van der Waals surface area contributed by atoms with Crippen molar-refractivity contribution >= 4 is 31.9 Å². The molecule has 1 rings (SSSR count). The number of nitrogens with zero attached hydrogens (tertiary/aromatic N) is 1. The third kappa shape index (κ3) is 3.87. The van der Waals surface area contributed by atoms with Crippen molar-refractivity contribution in [3.05, 3.63) is 32.7 Å². The van der Waals surface area contributed by atoms with Crippen molar-refractivity contribution in [1.82, 2.24) is 4.90 Å². The van der Waals surface area contributed by atoms with E-state index in [2.05, 4.69) is 68.9 Å². The minimum atomic E-state index is 0.410. The summed E-state index contributed by atoms with van der Waals surface area (Å²) in [5, 5.41) is 0. The third-order valence-corrected chi connectivity index (χ3v) is 4.39. The summed E-state index contributed by atoms with van der Waals surface area (Å²) >= 11 is 6.96. The molecule has 0 saturated carbocycles. The van der Waals surface area contributed by atoms with Gasteiger partial charge in [-0.1, -0.05) is 6.07 Å². The first-order valence-electron chi connectivity index (χ1n) is 4.89. The molecule has 84 valence electrons. The summed E-state index contributed by atoms with van der Waals surface area (Å²) in [5.41, 5.74) is 6.91. The zero-order valence-electron chi connectivity index (χ0n) is 9.00. The summed E-state index contributed by atoms with van der Waals surface area (Å²) < 4.78 is 2.18. The van der Waals surface area contributed by atoms with Crippen LogP contribution >= 0.6 is 31.9 Å². The molecular weight excluding hydrogens is 320 g/mol. The van der Waals surface area contributed by atoms with Gasteiger partial charge in [-0.15, -0.1) is 0 Å². The minimum absolute atomic E-state index is 0.410. The fourth-order valence-electron chi connectivity index (χ4n) is 1.26. The van der Waals surface area contributed by atoms with E-state index in [1.807, 2.05) is 0 Å². The van der Waals surface area contributed by atoms with Crippen LogP contribution in [0.15, 0.2) is 27.1 Å². The molecule has 0 bridgehead atoms. The Morgan fingerprint density at radius 2 is 2.00 bits per heavy atom. The lowest BCUT2D eigenvalue weighted by molar-refractivity contribution is 0.255. The maximum absolute atomic E-state index is 5.62. The van der Waals surface area contributed by atoms with Crippen molar-refractivity contribution in [2.45, 2.75) is 19.5 Å². The summed E-state index contributed by atoms with van der Waals surface area (Å²) in [4.78, 5) is 2.25. The maximum atomic E-state index is 5.62. The number of rotatable bonds is 4. The molecule has 2 N–H and O–H groups in total. The molecule has 1 aromatic rings. The fourth-order valence-corrected chi connectivity index (χ4v) is 1.93. The Balaban J connectivity index is 2.68. The van der Waals surface area contributed by atoms with Crippen LogP contribution < -0.4 is 5.73 Å². The predicted molar refractivity (Wildman–Crippen MR) is 71.8 cm³/mol. The van der Waals surface area contributed by atoms with Crippen LogP contribution in [-0.4, -0.2) is 24.5 Å². The topological polar surface area (TPSA) is 29.3 Å². The van der Waals surface area contributed by atoms with Crippen molar-refractivity contribution in [2.75, 3.05) is 13.6 Å². The largest absolute Gasteiger partial charge is 0.329 e. The molecular formula is C11H16Br2N2. The van der Waals surface area contributed by atoms with Crippen LogP contribution in [-0.2, 0) is 6.54 Å². The van der Waals surface area contributed by atoms with E-state index in [0.29, 0.717) is 12.6 Å². The molecule has 2 nitrogen and oxygen atoms in total. The van der Waals surface area contributed by atoms with Crippen molar-refractivity contribution in [2.24, 2.45) is 5.73 Å². The van der Waals surface area contributed by atoms with Crippen molar-refractivity contribution in [3.8, 4) is 0 Å². The molecule has 1 aromatic carbocycles. The average Bonchev–Trinajstić information content (AvgIpc) is 2.22. The van der Waals surface area contributed by atoms with Gasteiger partial charge < -0.3 is 5.73 Å². The smallest absolute Gasteiger partial charge is 0.0320 e. The van der Waals surface area contributed by atoms with E-state index < -0.39 is 0 Å². The highest BCUT2D eigenvalue weighted by atomic mass is 79.9. The van der Waals surface area contributed by atoms with Gasteiger partial charge in [0, 0.05) is 28.1 Å². The monoisotopic (exact) mass is 334 g/mol. The van der Waals surface area contributed by atoms with Crippen LogP contribution in [0.2, 0.25) is 0 Å². The number of halogens is 2. The summed E-state index contributed by atoms with van der Waals surface area (Å²) in [7, 11) is 2.09. The van der Waals surface area contributed by atoms with E-state index in [1.165, 1.54) is 5.56 Å². The molecule has 0 aliphatic rings. The minimum Gasteiger partial charge on any atom is -0.329 e. The van der Waals surface area contributed by atoms with Crippen LogP contribution in [0.25, 0.3) is 0 Å². The lowest BCUT2D eigenvalue weighted by Crippen LogP contribution is -2.34. The number of hydrogen-bond donors (Lipinski definition) is 1. The van der Waals surface area contributed by atoms with Gasteiger partial charge in [-0.05, 0) is 63.5 Å². The predicted octanol–water partition coefficient (Wildman–Crippen LogP) is 2.99. The van der Waals surface area contributed by atoms with E-state index in [-0.39, 0.29) is 0 Å². The average molecular weight is 336 g/mol. The Morgan fingerprint density at radius 3 is 2.53 bits per heavy atom. The lowest BCUT2D eigenvalue weighted by atomic mass is 10.2. The number of benzene rings is 1. The Kier molecular flexibility index (Phi) is 5.26. The summed E-state index contributed by atoms with van der Waals surface area (Å²) in [6, 6.07) is 6.71. The summed E-state index contributed by atoms with van der Waals surface area (Å²) in [6.45, 7) is 3.74. The molecule has 4 heteroatoms. The van der Waals surface area contributed by atoms with Crippen LogP contribution in [0.4, 0.5) is 0 Å². The van der Waals surface area contributed by atoms with E-state index in [0.717, 1.165) is 15.5 Å². The second-order valence-electron chi connectivity index (χ2n) is 3.75. The molecule has 1 unspecified atom stereocenters. The van der Waals surface area contributed by atoms with Gasteiger partial charge in [-0.25, -0.2) is 0 Å². The SMILES string of the molecule is CC(CN)N(C)Cc1ccc(Br)c(Br)c1. The van der Waals surface area contributed by atoms with Gasteiger partial charge in [0.25, 0.3) is 0 Å². The highest BCUT2D eigenvalue weighted by molar-refractivity contribution is 9.13. The molecule has 0 amide bonds. The van der Waals surface area contributed by atoms with Gasteiger partial charge in [0.15, 0.2) is 0 Å². The van der Waals surface area contributed by atoms with E-state index in [4.69, 9.17) is 5.73 Å². The van der Waals surface area contributed by atoms with Crippen molar-refractivity contribution in [3.63, 3.8) is 0 Å². The highest BCUT2D eigenvalue weighted by Gasteiger charge is 2.08. The quantitative estimate of drug-likeness (QED) is 0.916. The van der Waals surface area contributed by atoms with Gasteiger partial charge in [0.05, 0.1) is 0 Å². The molecule has 0 radical (unpaired) electrons. The van der Waals surface area contributed by atoms with Gasteiger partial charge >= 0.3 is 0 Å². The van der Waals surface area contributed by atoms with Crippen LogP contribution in [0.5, 0.6) is 0 Å². The summed E-state index contributed by atoms with van der Waals surface area (Å²) in [5.74, 6) is 0. The molecule has 0 aromatic heterocycles. The maximum Gasteiger partial charge on any atom is 0.0320 e. The first-order chi connectivity index (χ1) is 7.04. The number of nitrogens with two attached hydrogens (primary N) is 1. The van der Waals surface area contributed by atoms with Gasteiger partial charge in [0.1, 0.15) is 0 Å². The van der Waals surface area contributed by atoms with Crippen molar-refractivity contribution in [1.29, 1.82) is 0 Å². The Hall–Kier alpha value is 0.1000. The molecule has 0 fully saturated rings. The van der Waals surface area contributed by atoms with E-state index in [9.17, 15) is 0 Å². The van der Waals surface area contributed by atoms with Gasteiger partial charge in [0.2, 0.25) is 0 Å². The molecule has 15 heavy (non-hydrogen) atoms. The normalized spacial score (nSPS) is 13.2. The van der Waals surface area contributed by atoms with Crippen molar-refractivity contribution < 1.29 is 0 Å². The van der Waals surface area contributed by atoms with Crippen LogP contribution in [0, 0.1) is 0 Å². The lowest BCUT2D eigenvalue weighted by Gasteiger charge is -2.23. The zero-order valence-corrected chi connectivity index (χ0v) is 12.2. The molecule has 0 aliphatic carbocycles. The molecule has 0 aliphatic heterocycles.